The van der Waals surface area contributed by atoms with Crippen molar-refractivity contribution in [3.05, 3.63) is 47.9 Å². The van der Waals surface area contributed by atoms with Gasteiger partial charge in [-0.2, -0.15) is 0 Å². The molecule has 3 nitrogen and oxygen atoms in total. The van der Waals surface area contributed by atoms with Crippen molar-refractivity contribution in [1.82, 2.24) is 15.0 Å². The second-order valence-corrected chi connectivity index (χ2v) is 5.55. The Morgan fingerprint density at radius 2 is 2.16 bits per heavy atom. The highest BCUT2D eigenvalue weighted by atomic mass is 32.1. The zero-order chi connectivity index (χ0) is 12.8. The molecule has 0 aliphatic heterocycles. The van der Waals surface area contributed by atoms with E-state index >= 15 is 0 Å². The Balaban J connectivity index is 2.22. The Morgan fingerprint density at radius 1 is 1.21 bits per heavy atom. The van der Waals surface area contributed by atoms with E-state index in [2.05, 4.69) is 51.5 Å². The molecule has 0 unspecified atom stereocenters. The molecule has 0 bridgehead atoms. The molecule has 4 heteroatoms. The zero-order valence-electron chi connectivity index (χ0n) is 10.3. The maximum atomic E-state index is 4.39. The number of thiophene rings is 1. The summed E-state index contributed by atoms with van der Waals surface area (Å²) in [6.07, 6.45) is 3.49. The summed E-state index contributed by atoms with van der Waals surface area (Å²) in [5, 5.41) is 4.39. The highest BCUT2D eigenvalue weighted by Crippen LogP contribution is 2.35. The molecule has 1 N–H and O–H groups in total. The van der Waals surface area contributed by atoms with Crippen molar-refractivity contribution < 1.29 is 0 Å². The number of aromatic nitrogens is 3. The molecule has 0 aliphatic carbocycles. The Labute approximate surface area is 114 Å². The summed E-state index contributed by atoms with van der Waals surface area (Å²) in [5.41, 5.74) is 4.53. The van der Waals surface area contributed by atoms with E-state index in [0.29, 0.717) is 0 Å². The summed E-state index contributed by atoms with van der Waals surface area (Å²) >= 11 is 1.75. The van der Waals surface area contributed by atoms with Gasteiger partial charge in [0.1, 0.15) is 6.33 Å². The highest BCUT2D eigenvalue weighted by molar-refractivity contribution is 7.13. The van der Waals surface area contributed by atoms with E-state index in [1.807, 2.05) is 6.20 Å². The monoisotopic (exact) mass is 265 g/mol. The van der Waals surface area contributed by atoms with Crippen molar-refractivity contribution in [3.63, 3.8) is 0 Å². The van der Waals surface area contributed by atoms with Crippen LogP contribution in [0.15, 0.2) is 42.2 Å². The van der Waals surface area contributed by atoms with Crippen LogP contribution in [0.25, 0.3) is 32.2 Å². The van der Waals surface area contributed by atoms with Crippen LogP contribution < -0.4 is 0 Å². The van der Waals surface area contributed by atoms with Crippen molar-refractivity contribution >= 4 is 33.1 Å². The third-order valence-electron chi connectivity index (χ3n) is 3.32. The van der Waals surface area contributed by atoms with Crippen molar-refractivity contribution in [2.75, 3.05) is 0 Å². The maximum absolute atomic E-state index is 4.39. The Hall–Kier alpha value is -2.20. The van der Waals surface area contributed by atoms with Crippen LogP contribution in [0.1, 0.15) is 5.69 Å². The van der Waals surface area contributed by atoms with Crippen LogP contribution in [0.5, 0.6) is 0 Å². The van der Waals surface area contributed by atoms with E-state index in [0.717, 1.165) is 16.6 Å². The van der Waals surface area contributed by atoms with Gasteiger partial charge in [0.05, 0.1) is 11.0 Å². The molecule has 0 aliphatic rings. The second kappa shape index (κ2) is 3.90. The topological polar surface area (TPSA) is 41.6 Å². The summed E-state index contributed by atoms with van der Waals surface area (Å²) in [5.74, 6) is 0. The summed E-state index contributed by atoms with van der Waals surface area (Å²) in [7, 11) is 0. The molecule has 3 heterocycles. The third kappa shape index (κ3) is 1.57. The quantitative estimate of drug-likeness (QED) is 0.561. The maximum Gasteiger partial charge on any atom is 0.116 e. The van der Waals surface area contributed by atoms with Crippen LogP contribution >= 0.6 is 11.3 Å². The molecule has 3 aromatic heterocycles. The van der Waals surface area contributed by atoms with Crippen LogP contribution in [0.3, 0.4) is 0 Å². The molecule has 92 valence electrons. The van der Waals surface area contributed by atoms with Gasteiger partial charge in [-0.25, -0.2) is 9.97 Å². The number of nitrogens with one attached hydrogen (secondary N) is 1. The number of H-pyrrole nitrogens is 1. The second-order valence-electron chi connectivity index (χ2n) is 4.60. The highest BCUT2D eigenvalue weighted by Gasteiger charge is 2.11. The number of hydrogen-bond donors (Lipinski definition) is 1. The van der Waals surface area contributed by atoms with Crippen molar-refractivity contribution in [1.29, 1.82) is 0 Å². The molecular formula is C15H11N3S. The average molecular weight is 265 g/mol. The fraction of sp³-hybridized carbons (Fsp3) is 0.0667. The van der Waals surface area contributed by atoms with Gasteiger partial charge in [0.15, 0.2) is 0 Å². The Kier molecular flexibility index (Phi) is 2.19. The van der Waals surface area contributed by atoms with Gasteiger partial charge >= 0.3 is 0 Å². The first kappa shape index (κ1) is 10.7. The van der Waals surface area contributed by atoms with Gasteiger partial charge in [-0.1, -0.05) is 6.07 Å². The fourth-order valence-corrected chi connectivity index (χ4v) is 3.26. The number of fused-ring (bicyclic) bond motifs is 3. The van der Waals surface area contributed by atoms with E-state index in [-0.39, 0.29) is 0 Å². The molecule has 0 spiro atoms. The number of rotatable bonds is 1. The smallest absolute Gasteiger partial charge is 0.116 e. The average Bonchev–Trinajstić information content (AvgIpc) is 3.06. The SMILES string of the molecule is Cc1cc2c([nH]1)c(-c1cccs1)cc1ncncc12. The molecule has 19 heavy (non-hydrogen) atoms. The van der Waals surface area contributed by atoms with E-state index in [1.165, 1.54) is 21.3 Å². The van der Waals surface area contributed by atoms with E-state index in [1.54, 1.807) is 17.7 Å². The molecule has 0 saturated heterocycles. The first-order chi connectivity index (χ1) is 9.33. The first-order valence-electron chi connectivity index (χ1n) is 6.09. The normalized spacial score (nSPS) is 11.4. The molecular weight excluding hydrogens is 254 g/mol. The Bertz CT molecular complexity index is 875. The number of benzene rings is 1. The van der Waals surface area contributed by atoms with Crippen LogP contribution in [0.2, 0.25) is 0 Å². The van der Waals surface area contributed by atoms with Gasteiger partial charge < -0.3 is 4.98 Å². The van der Waals surface area contributed by atoms with Gasteiger partial charge in [0.2, 0.25) is 0 Å². The van der Waals surface area contributed by atoms with E-state index in [4.69, 9.17) is 0 Å². The first-order valence-corrected chi connectivity index (χ1v) is 6.97. The van der Waals surface area contributed by atoms with Gasteiger partial charge in [-0.15, -0.1) is 11.3 Å². The van der Waals surface area contributed by atoms with Crippen molar-refractivity contribution in [2.45, 2.75) is 6.92 Å². The predicted molar refractivity (Wildman–Crippen MR) is 79.4 cm³/mol. The largest absolute Gasteiger partial charge is 0.358 e. The molecule has 0 fully saturated rings. The zero-order valence-corrected chi connectivity index (χ0v) is 11.2. The van der Waals surface area contributed by atoms with E-state index < -0.39 is 0 Å². The summed E-state index contributed by atoms with van der Waals surface area (Å²) in [6.45, 7) is 2.08. The fourth-order valence-electron chi connectivity index (χ4n) is 2.51. The van der Waals surface area contributed by atoms with Crippen LogP contribution in [-0.4, -0.2) is 15.0 Å². The molecule has 0 saturated carbocycles. The number of nitrogens with zero attached hydrogens (tertiary/aromatic N) is 2. The minimum atomic E-state index is 0.991. The summed E-state index contributed by atoms with van der Waals surface area (Å²) in [6, 6.07) is 8.52. The molecule has 0 radical (unpaired) electrons. The lowest BCUT2D eigenvalue weighted by Gasteiger charge is -2.04. The van der Waals surface area contributed by atoms with Crippen LogP contribution in [0.4, 0.5) is 0 Å². The summed E-state index contributed by atoms with van der Waals surface area (Å²) < 4.78 is 0. The lowest BCUT2D eigenvalue weighted by Crippen LogP contribution is -1.85. The standard InChI is InChI=1S/C15H11N3S/c1-9-5-10-12-7-16-8-17-13(12)6-11(15(10)18-9)14-3-2-4-19-14/h2-8,18H,1H3. The third-order valence-corrected chi connectivity index (χ3v) is 4.23. The van der Waals surface area contributed by atoms with E-state index in [9.17, 15) is 0 Å². The van der Waals surface area contributed by atoms with Gasteiger partial charge in [0, 0.05) is 33.1 Å². The number of aryl methyl sites for hydroxylation is 1. The lowest BCUT2D eigenvalue weighted by atomic mass is 10.1. The Morgan fingerprint density at radius 3 is 3.00 bits per heavy atom. The minimum Gasteiger partial charge on any atom is -0.358 e. The van der Waals surface area contributed by atoms with Crippen LogP contribution in [0, 0.1) is 6.92 Å². The van der Waals surface area contributed by atoms with Gasteiger partial charge in [0.25, 0.3) is 0 Å². The van der Waals surface area contributed by atoms with Crippen molar-refractivity contribution in [3.8, 4) is 10.4 Å². The van der Waals surface area contributed by atoms with Crippen LogP contribution in [-0.2, 0) is 0 Å². The molecule has 0 amide bonds. The minimum absolute atomic E-state index is 0.991. The molecule has 1 aromatic carbocycles. The van der Waals surface area contributed by atoms with Gasteiger partial charge in [-0.3, -0.25) is 0 Å². The lowest BCUT2D eigenvalue weighted by molar-refractivity contribution is 1.23. The van der Waals surface area contributed by atoms with Crippen molar-refractivity contribution in [2.24, 2.45) is 0 Å². The molecule has 4 aromatic rings. The summed E-state index contributed by atoms with van der Waals surface area (Å²) in [4.78, 5) is 13.2. The predicted octanol–water partition coefficient (Wildman–Crippen LogP) is 4.15. The number of hydrogen-bond acceptors (Lipinski definition) is 3. The van der Waals surface area contributed by atoms with Gasteiger partial charge in [-0.05, 0) is 30.5 Å². The molecule has 4 rings (SSSR count). The number of aromatic amines is 1. The molecule has 0 atom stereocenters.